The van der Waals surface area contributed by atoms with Crippen molar-refractivity contribution in [3.63, 3.8) is 0 Å². The number of rotatable bonds is 7. The molecule has 1 unspecified atom stereocenters. The Hall–Kier alpha value is -2.99. The van der Waals surface area contributed by atoms with E-state index in [1.807, 2.05) is 67.6 Å². The van der Waals surface area contributed by atoms with Gasteiger partial charge in [0.2, 0.25) is 11.1 Å². The van der Waals surface area contributed by atoms with Crippen molar-refractivity contribution in [2.24, 2.45) is 0 Å². The lowest BCUT2D eigenvalue weighted by Crippen LogP contribution is -2.31. The molecule has 3 aromatic rings. The molecule has 1 heterocycles. The summed E-state index contributed by atoms with van der Waals surface area (Å²) in [6, 6.07) is 19.7. The third-order valence-electron chi connectivity index (χ3n) is 3.83. The van der Waals surface area contributed by atoms with Gasteiger partial charge in [0.15, 0.2) is 0 Å². The van der Waals surface area contributed by atoms with E-state index in [-0.39, 0.29) is 11.2 Å². The van der Waals surface area contributed by atoms with Crippen molar-refractivity contribution in [2.75, 3.05) is 6.54 Å². The quantitative estimate of drug-likeness (QED) is 0.499. The van der Waals surface area contributed by atoms with Crippen molar-refractivity contribution < 1.29 is 4.79 Å². The van der Waals surface area contributed by atoms with Crippen LogP contribution in [0.4, 0.5) is 0 Å². The fourth-order valence-corrected chi connectivity index (χ4v) is 3.22. The average molecular weight is 376 g/mol. The predicted molar refractivity (Wildman–Crippen MR) is 109 cm³/mol. The van der Waals surface area contributed by atoms with Gasteiger partial charge in [0.05, 0.1) is 5.25 Å². The van der Waals surface area contributed by atoms with Crippen molar-refractivity contribution in [1.82, 2.24) is 20.5 Å². The maximum atomic E-state index is 12.1. The molecular weight excluding hydrogens is 356 g/mol. The molecule has 3 rings (SSSR count). The number of aromatic nitrogens is 3. The number of nitrogens with zero attached hydrogens (tertiary/aromatic N) is 3. The van der Waals surface area contributed by atoms with Crippen LogP contribution in [0.3, 0.4) is 0 Å². The van der Waals surface area contributed by atoms with E-state index in [0.717, 1.165) is 22.5 Å². The van der Waals surface area contributed by atoms with Crippen molar-refractivity contribution in [3.8, 4) is 22.5 Å². The van der Waals surface area contributed by atoms with Gasteiger partial charge in [-0.25, -0.2) is 4.98 Å². The zero-order valence-corrected chi connectivity index (χ0v) is 15.8. The summed E-state index contributed by atoms with van der Waals surface area (Å²) in [7, 11) is 0. The number of amides is 1. The van der Waals surface area contributed by atoms with Gasteiger partial charge >= 0.3 is 0 Å². The highest BCUT2D eigenvalue weighted by Crippen LogP contribution is 2.30. The molecule has 1 amide bonds. The largest absolute Gasteiger partial charge is 0.352 e. The minimum absolute atomic E-state index is 0.0862. The van der Waals surface area contributed by atoms with E-state index in [9.17, 15) is 4.79 Å². The highest BCUT2D eigenvalue weighted by atomic mass is 32.2. The molecule has 0 saturated carbocycles. The zero-order valence-electron chi connectivity index (χ0n) is 15.0. The first-order chi connectivity index (χ1) is 13.2. The second kappa shape index (κ2) is 9.09. The van der Waals surface area contributed by atoms with Crippen molar-refractivity contribution >= 4 is 17.7 Å². The molecule has 0 saturated heterocycles. The van der Waals surface area contributed by atoms with Crippen LogP contribution in [0.1, 0.15) is 6.92 Å². The van der Waals surface area contributed by atoms with E-state index in [0.29, 0.717) is 11.7 Å². The maximum Gasteiger partial charge on any atom is 0.233 e. The van der Waals surface area contributed by atoms with Crippen molar-refractivity contribution in [1.29, 1.82) is 0 Å². The van der Waals surface area contributed by atoms with Crippen LogP contribution in [0.15, 0.2) is 78.5 Å². The van der Waals surface area contributed by atoms with Gasteiger partial charge in [-0.05, 0) is 6.92 Å². The van der Waals surface area contributed by atoms with E-state index in [2.05, 4.69) is 22.1 Å². The van der Waals surface area contributed by atoms with Gasteiger partial charge in [-0.15, -0.1) is 16.8 Å². The molecule has 136 valence electrons. The van der Waals surface area contributed by atoms with E-state index in [1.54, 1.807) is 6.08 Å². The summed E-state index contributed by atoms with van der Waals surface area (Å²) >= 11 is 1.28. The molecular formula is C21H20N4OS. The zero-order chi connectivity index (χ0) is 19.1. The number of nitrogens with one attached hydrogen (secondary N) is 1. The predicted octanol–water partition coefficient (Wildman–Crippen LogP) is 3.99. The molecule has 1 aromatic heterocycles. The molecule has 0 aliphatic rings. The van der Waals surface area contributed by atoms with Crippen LogP contribution in [-0.4, -0.2) is 32.9 Å². The van der Waals surface area contributed by atoms with Crippen LogP contribution in [-0.2, 0) is 4.79 Å². The Morgan fingerprint density at radius 3 is 2.22 bits per heavy atom. The summed E-state index contributed by atoms with van der Waals surface area (Å²) in [6.45, 7) is 5.86. The molecule has 6 heteroatoms. The lowest BCUT2D eigenvalue weighted by Gasteiger charge is -2.12. The number of benzene rings is 2. The van der Waals surface area contributed by atoms with E-state index >= 15 is 0 Å². The lowest BCUT2D eigenvalue weighted by atomic mass is 10.0. The molecule has 0 bridgehead atoms. The number of hydrogen-bond acceptors (Lipinski definition) is 5. The van der Waals surface area contributed by atoms with Crippen LogP contribution in [0, 0.1) is 0 Å². The molecule has 1 N–H and O–H groups in total. The van der Waals surface area contributed by atoms with Crippen LogP contribution in [0.5, 0.6) is 0 Å². The minimum atomic E-state index is -0.335. The molecule has 0 spiro atoms. The monoisotopic (exact) mass is 376 g/mol. The van der Waals surface area contributed by atoms with Gasteiger partial charge in [-0.1, -0.05) is 78.5 Å². The molecule has 27 heavy (non-hydrogen) atoms. The third kappa shape index (κ3) is 4.80. The Kier molecular flexibility index (Phi) is 6.33. The van der Waals surface area contributed by atoms with E-state index < -0.39 is 0 Å². The highest BCUT2D eigenvalue weighted by molar-refractivity contribution is 8.00. The topological polar surface area (TPSA) is 67.8 Å². The first-order valence-corrected chi connectivity index (χ1v) is 9.48. The SMILES string of the molecule is C=CCNC(=O)C(C)Sc1nnc(-c2ccccc2)c(-c2ccccc2)n1. The van der Waals surface area contributed by atoms with E-state index in [1.165, 1.54) is 11.8 Å². The van der Waals surface area contributed by atoms with Gasteiger partial charge in [-0.3, -0.25) is 4.79 Å². The summed E-state index contributed by atoms with van der Waals surface area (Å²) < 4.78 is 0. The van der Waals surface area contributed by atoms with Gasteiger partial charge in [0, 0.05) is 17.7 Å². The first-order valence-electron chi connectivity index (χ1n) is 8.60. The Morgan fingerprint density at radius 2 is 1.63 bits per heavy atom. The van der Waals surface area contributed by atoms with Crippen LogP contribution < -0.4 is 5.32 Å². The summed E-state index contributed by atoms with van der Waals surface area (Å²) in [6.07, 6.45) is 1.65. The Balaban J connectivity index is 1.94. The van der Waals surface area contributed by atoms with Crippen LogP contribution in [0.25, 0.3) is 22.5 Å². The molecule has 1 atom stereocenters. The number of thioether (sulfide) groups is 1. The maximum absolute atomic E-state index is 12.1. The molecule has 0 aliphatic carbocycles. The van der Waals surface area contributed by atoms with Gasteiger partial charge in [0.25, 0.3) is 0 Å². The van der Waals surface area contributed by atoms with Crippen LogP contribution >= 0.6 is 11.8 Å². The Labute approximate surface area is 163 Å². The van der Waals surface area contributed by atoms with Crippen molar-refractivity contribution in [2.45, 2.75) is 17.3 Å². The fourth-order valence-electron chi connectivity index (χ4n) is 2.48. The molecule has 0 fully saturated rings. The van der Waals surface area contributed by atoms with Gasteiger partial charge in [0.1, 0.15) is 11.4 Å². The van der Waals surface area contributed by atoms with Crippen molar-refractivity contribution in [3.05, 3.63) is 73.3 Å². The molecule has 0 radical (unpaired) electrons. The smallest absolute Gasteiger partial charge is 0.233 e. The van der Waals surface area contributed by atoms with Crippen LogP contribution in [0.2, 0.25) is 0 Å². The number of carbonyl (C=O) groups is 1. The fraction of sp³-hybridized carbons (Fsp3) is 0.143. The average Bonchev–Trinajstić information content (AvgIpc) is 2.73. The molecule has 2 aromatic carbocycles. The summed E-state index contributed by atoms with van der Waals surface area (Å²) in [4.78, 5) is 16.8. The highest BCUT2D eigenvalue weighted by Gasteiger charge is 2.18. The third-order valence-corrected chi connectivity index (χ3v) is 4.79. The standard InChI is InChI=1S/C21H20N4OS/c1-3-14-22-20(26)15(2)27-21-23-18(16-10-6-4-7-11-16)19(24-25-21)17-12-8-5-9-13-17/h3-13,15H,1,14H2,2H3,(H,22,26). The Bertz CT molecular complexity index is 916. The molecule has 0 aliphatic heterocycles. The second-order valence-corrected chi connectivity index (χ2v) is 7.13. The lowest BCUT2D eigenvalue weighted by molar-refractivity contribution is -0.120. The number of hydrogen-bond donors (Lipinski definition) is 1. The van der Waals surface area contributed by atoms with Gasteiger partial charge in [-0.2, -0.15) is 0 Å². The molecule has 5 nitrogen and oxygen atoms in total. The Morgan fingerprint density at radius 1 is 1.04 bits per heavy atom. The first kappa shape index (κ1) is 18.8. The normalized spacial score (nSPS) is 11.6. The minimum Gasteiger partial charge on any atom is -0.352 e. The van der Waals surface area contributed by atoms with Gasteiger partial charge < -0.3 is 5.32 Å². The summed E-state index contributed by atoms with van der Waals surface area (Å²) in [5.74, 6) is -0.0862. The van der Waals surface area contributed by atoms with E-state index in [4.69, 9.17) is 4.98 Å². The second-order valence-electron chi connectivity index (χ2n) is 5.82. The summed E-state index contributed by atoms with van der Waals surface area (Å²) in [5, 5.41) is 11.6. The summed E-state index contributed by atoms with van der Waals surface area (Å²) in [5.41, 5.74) is 3.37. The number of carbonyl (C=O) groups excluding carboxylic acids is 1.